The molecule has 28 heavy (non-hydrogen) atoms. The van der Waals surface area contributed by atoms with Gasteiger partial charge in [0.1, 0.15) is 0 Å². The molecular formula is C19H22F3N3O2S. The molecule has 0 N–H and O–H groups in total. The van der Waals surface area contributed by atoms with E-state index in [0.717, 1.165) is 35.6 Å². The van der Waals surface area contributed by atoms with Crippen LogP contribution in [0.1, 0.15) is 18.4 Å². The Morgan fingerprint density at radius 1 is 1.04 bits per heavy atom. The predicted molar refractivity (Wildman–Crippen MR) is 100 cm³/mol. The standard InChI is InChI=1S/C19H22F3N3O2S/c20-19(21,22)14-3-4-16-15(11-14)25(9-10-28-16)12-17(26)23-5-7-24(8-6-23)18(27)13-1-2-13/h3-4,11,13H,1-2,5-10,12H2. The monoisotopic (exact) mass is 413 g/mol. The average molecular weight is 413 g/mol. The molecule has 1 saturated heterocycles. The van der Waals surface area contributed by atoms with Gasteiger partial charge in [0, 0.05) is 49.3 Å². The average Bonchev–Trinajstić information content (AvgIpc) is 3.52. The van der Waals surface area contributed by atoms with Crippen LogP contribution >= 0.6 is 11.8 Å². The minimum absolute atomic E-state index is 0.0610. The zero-order valence-electron chi connectivity index (χ0n) is 15.4. The van der Waals surface area contributed by atoms with Gasteiger partial charge in [0.05, 0.1) is 17.8 Å². The van der Waals surface area contributed by atoms with Crippen molar-refractivity contribution in [3.63, 3.8) is 0 Å². The van der Waals surface area contributed by atoms with Gasteiger partial charge < -0.3 is 14.7 Å². The summed E-state index contributed by atoms with van der Waals surface area (Å²) in [5.41, 5.74) is -0.222. The number of halogens is 3. The Hall–Kier alpha value is -1.90. The maximum absolute atomic E-state index is 13.1. The summed E-state index contributed by atoms with van der Waals surface area (Å²) < 4.78 is 39.2. The number of alkyl halides is 3. The van der Waals surface area contributed by atoms with Crippen molar-refractivity contribution >= 4 is 29.3 Å². The largest absolute Gasteiger partial charge is 0.416 e. The van der Waals surface area contributed by atoms with Crippen LogP contribution in [-0.2, 0) is 15.8 Å². The lowest BCUT2D eigenvalue weighted by Crippen LogP contribution is -2.53. The first-order valence-electron chi connectivity index (χ1n) is 9.48. The van der Waals surface area contributed by atoms with Crippen LogP contribution < -0.4 is 4.90 Å². The van der Waals surface area contributed by atoms with Crippen molar-refractivity contribution in [3.05, 3.63) is 23.8 Å². The highest BCUT2D eigenvalue weighted by atomic mass is 32.2. The summed E-state index contributed by atoms with van der Waals surface area (Å²) in [6, 6.07) is 3.72. The molecule has 1 aromatic carbocycles. The van der Waals surface area contributed by atoms with E-state index in [4.69, 9.17) is 0 Å². The molecule has 152 valence electrons. The van der Waals surface area contributed by atoms with Crippen LogP contribution in [0.2, 0.25) is 0 Å². The fourth-order valence-corrected chi connectivity index (χ4v) is 4.67. The summed E-state index contributed by atoms with van der Waals surface area (Å²) in [6.45, 7) is 2.62. The van der Waals surface area contributed by atoms with Crippen molar-refractivity contribution in [1.82, 2.24) is 9.80 Å². The number of hydrogen-bond acceptors (Lipinski definition) is 4. The second-order valence-corrected chi connectivity index (χ2v) is 8.57. The van der Waals surface area contributed by atoms with E-state index in [-0.39, 0.29) is 24.3 Å². The lowest BCUT2D eigenvalue weighted by molar-refractivity contribution is -0.139. The number of hydrogen-bond donors (Lipinski definition) is 0. The maximum Gasteiger partial charge on any atom is 0.416 e. The fraction of sp³-hybridized carbons (Fsp3) is 0.579. The number of anilines is 1. The molecule has 0 spiro atoms. The van der Waals surface area contributed by atoms with Crippen LogP contribution in [0, 0.1) is 5.92 Å². The normalized spacial score (nSPS) is 20.2. The molecule has 2 aliphatic heterocycles. The van der Waals surface area contributed by atoms with E-state index in [1.807, 2.05) is 4.90 Å². The first-order valence-corrected chi connectivity index (χ1v) is 10.5. The van der Waals surface area contributed by atoms with E-state index in [1.165, 1.54) is 17.8 Å². The molecule has 4 rings (SSSR count). The number of thioether (sulfide) groups is 1. The summed E-state index contributed by atoms with van der Waals surface area (Å²) in [7, 11) is 0. The highest BCUT2D eigenvalue weighted by Gasteiger charge is 2.36. The Kier molecular flexibility index (Phi) is 5.20. The van der Waals surface area contributed by atoms with Gasteiger partial charge in [-0.3, -0.25) is 9.59 Å². The van der Waals surface area contributed by atoms with Crippen LogP contribution in [0.3, 0.4) is 0 Å². The number of nitrogens with zero attached hydrogens (tertiary/aromatic N) is 3. The molecule has 0 unspecified atom stereocenters. The Morgan fingerprint density at radius 3 is 2.36 bits per heavy atom. The first-order chi connectivity index (χ1) is 13.3. The number of benzene rings is 1. The molecule has 1 aliphatic carbocycles. The van der Waals surface area contributed by atoms with E-state index < -0.39 is 11.7 Å². The summed E-state index contributed by atoms with van der Waals surface area (Å²) >= 11 is 1.51. The highest BCUT2D eigenvalue weighted by molar-refractivity contribution is 7.99. The molecule has 3 aliphatic rings. The Balaban J connectivity index is 1.40. The maximum atomic E-state index is 13.1. The van der Waals surface area contributed by atoms with E-state index in [9.17, 15) is 22.8 Å². The molecular weight excluding hydrogens is 391 g/mol. The minimum atomic E-state index is -4.41. The van der Waals surface area contributed by atoms with Crippen LogP contribution in [0.15, 0.2) is 23.1 Å². The van der Waals surface area contributed by atoms with Crippen LogP contribution in [0.25, 0.3) is 0 Å². The highest BCUT2D eigenvalue weighted by Crippen LogP contribution is 2.39. The molecule has 2 heterocycles. The van der Waals surface area contributed by atoms with Crippen molar-refractivity contribution in [3.8, 4) is 0 Å². The number of carbonyl (C=O) groups excluding carboxylic acids is 2. The summed E-state index contributed by atoms with van der Waals surface area (Å²) in [4.78, 5) is 30.9. The smallest absolute Gasteiger partial charge is 0.360 e. The molecule has 0 radical (unpaired) electrons. The van der Waals surface area contributed by atoms with Gasteiger partial charge in [-0.05, 0) is 31.0 Å². The molecule has 1 saturated carbocycles. The summed E-state index contributed by atoms with van der Waals surface area (Å²) in [5.74, 6) is 0.991. The van der Waals surface area contributed by atoms with Gasteiger partial charge in [-0.25, -0.2) is 0 Å². The predicted octanol–water partition coefficient (Wildman–Crippen LogP) is 2.70. The molecule has 5 nitrogen and oxygen atoms in total. The van der Waals surface area contributed by atoms with Gasteiger partial charge in [0.15, 0.2) is 0 Å². The third-order valence-corrected chi connectivity index (χ3v) is 6.49. The second-order valence-electron chi connectivity index (χ2n) is 7.43. The molecule has 2 amide bonds. The van der Waals surface area contributed by atoms with Gasteiger partial charge in [-0.15, -0.1) is 11.8 Å². The quantitative estimate of drug-likeness (QED) is 0.764. The Bertz CT molecular complexity index is 774. The van der Waals surface area contributed by atoms with Gasteiger partial charge in [0.25, 0.3) is 0 Å². The van der Waals surface area contributed by atoms with E-state index in [0.29, 0.717) is 38.4 Å². The molecule has 9 heteroatoms. The Labute approximate surface area is 165 Å². The SMILES string of the molecule is O=C(CN1CCSc2ccc(C(F)(F)F)cc21)N1CCN(C(=O)C2CC2)CC1. The Morgan fingerprint density at radius 2 is 1.71 bits per heavy atom. The van der Waals surface area contributed by atoms with E-state index >= 15 is 0 Å². The van der Waals surface area contributed by atoms with Crippen LogP contribution in [0.4, 0.5) is 18.9 Å². The zero-order chi connectivity index (χ0) is 19.9. The van der Waals surface area contributed by atoms with Gasteiger partial charge >= 0.3 is 6.18 Å². The summed E-state index contributed by atoms with van der Waals surface area (Å²) in [6.07, 6.45) is -2.48. The second kappa shape index (κ2) is 7.50. The summed E-state index contributed by atoms with van der Waals surface area (Å²) in [5, 5.41) is 0. The van der Waals surface area contributed by atoms with Crippen molar-refractivity contribution in [1.29, 1.82) is 0 Å². The number of piperazine rings is 1. The third-order valence-electron chi connectivity index (χ3n) is 5.44. The van der Waals surface area contributed by atoms with Crippen molar-refractivity contribution < 1.29 is 22.8 Å². The number of fused-ring (bicyclic) bond motifs is 1. The molecule has 1 aromatic rings. The number of amides is 2. The lowest BCUT2D eigenvalue weighted by Gasteiger charge is -2.37. The first kappa shape index (κ1) is 19.4. The van der Waals surface area contributed by atoms with Crippen LogP contribution in [0.5, 0.6) is 0 Å². The van der Waals surface area contributed by atoms with Crippen molar-refractivity contribution in [2.75, 3.05) is 49.9 Å². The number of rotatable bonds is 3. The molecule has 2 fully saturated rings. The topological polar surface area (TPSA) is 43.9 Å². The van der Waals surface area contributed by atoms with Gasteiger partial charge in [-0.2, -0.15) is 13.2 Å². The van der Waals surface area contributed by atoms with Crippen LogP contribution in [-0.4, -0.2) is 66.6 Å². The lowest BCUT2D eigenvalue weighted by atomic mass is 10.1. The van der Waals surface area contributed by atoms with Crippen molar-refractivity contribution in [2.45, 2.75) is 23.9 Å². The zero-order valence-corrected chi connectivity index (χ0v) is 16.2. The van der Waals surface area contributed by atoms with Gasteiger partial charge in [0.2, 0.25) is 11.8 Å². The van der Waals surface area contributed by atoms with Gasteiger partial charge in [-0.1, -0.05) is 0 Å². The van der Waals surface area contributed by atoms with E-state index in [2.05, 4.69) is 0 Å². The third kappa shape index (κ3) is 4.09. The van der Waals surface area contributed by atoms with Crippen molar-refractivity contribution in [2.24, 2.45) is 5.92 Å². The van der Waals surface area contributed by atoms with E-state index in [1.54, 1.807) is 9.80 Å². The number of carbonyl (C=O) groups is 2. The molecule has 0 bridgehead atoms. The fourth-order valence-electron chi connectivity index (χ4n) is 3.64. The molecule has 0 aromatic heterocycles. The molecule has 0 atom stereocenters. The minimum Gasteiger partial charge on any atom is -0.360 e.